The second kappa shape index (κ2) is 20.6. The Labute approximate surface area is 404 Å². The van der Waals surface area contributed by atoms with E-state index in [1.807, 2.05) is 38.4 Å². The van der Waals surface area contributed by atoms with E-state index in [2.05, 4.69) is 70.9 Å². The molecule has 10 N–H and O–H groups in total. The summed E-state index contributed by atoms with van der Waals surface area (Å²) in [6.07, 6.45) is 4.03. The van der Waals surface area contributed by atoms with E-state index in [1.54, 1.807) is 12.1 Å². The van der Waals surface area contributed by atoms with Gasteiger partial charge in [-0.3, -0.25) is 10.6 Å². The zero-order chi connectivity index (χ0) is 48.5. The van der Waals surface area contributed by atoms with Gasteiger partial charge in [-0.25, -0.2) is 0 Å². The Hall–Kier alpha value is -5.34. The molecule has 0 amide bonds. The van der Waals surface area contributed by atoms with E-state index in [0.29, 0.717) is 80.5 Å². The minimum atomic E-state index is -1.29. The average molecular weight is 945 g/mol. The van der Waals surface area contributed by atoms with Crippen LogP contribution in [0.2, 0.25) is 0 Å². The number of ether oxygens (including phenoxy) is 4. The maximum absolute atomic E-state index is 11.7. The standard InChI is InChI=1S/C55H68N4O10/c1-32(2)25-54(3,65)29-57-30-59-48-9-5-8-39(27-61)67-47-23-37(21-35(50(47)64)7-6-18-60)53-55(48,66-31-56-4)26-45-44-22-36(20-33-10-15-46-34(19-33)16-17-58-46)43-24-38(63)11-13-41(43)49(44)52-42(51(45)69-53)14-12-40(28-62)68-52/h10-11,13,15-17,19,21,23-24,32,36,39-40,48,53,56-65H,6-8,12,14,18,20,22,25-31H2,1-4H3/t36-,39-,40-,48-,53+,54-,55-/m0/s1. The number of hydrogen-bond acceptors (Lipinski definition) is 13. The van der Waals surface area contributed by atoms with Crippen molar-refractivity contribution in [3.05, 3.63) is 99.7 Å². The first-order chi connectivity index (χ1) is 33.3. The summed E-state index contributed by atoms with van der Waals surface area (Å²) < 4.78 is 28.1. The third kappa shape index (κ3) is 9.89. The summed E-state index contributed by atoms with van der Waals surface area (Å²) in [5, 5.41) is 76.7. The van der Waals surface area contributed by atoms with Crippen LogP contribution in [-0.2, 0) is 36.8 Å². The molecule has 4 aromatic carbocycles. The Kier molecular flexibility index (Phi) is 14.5. The molecule has 4 aliphatic rings. The van der Waals surface area contributed by atoms with Crippen molar-refractivity contribution in [1.82, 2.24) is 20.9 Å². The van der Waals surface area contributed by atoms with Crippen LogP contribution < -0.4 is 30.2 Å². The zero-order valence-electron chi connectivity index (χ0n) is 40.2. The highest BCUT2D eigenvalue weighted by Gasteiger charge is 2.55. The van der Waals surface area contributed by atoms with Gasteiger partial charge in [-0.1, -0.05) is 37.8 Å². The van der Waals surface area contributed by atoms with Crippen molar-refractivity contribution < 1.29 is 49.6 Å². The molecule has 14 nitrogen and oxygen atoms in total. The third-order valence-electron chi connectivity index (χ3n) is 14.3. The molecule has 7 atom stereocenters. The van der Waals surface area contributed by atoms with Crippen molar-refractivity contribution in [1.29, 1.82) is 0 Å². The lowest BCUT2D eigenvalue weighted by Crippen LogP contribution is -2.62. The number of hydrogen-bond donors (Lipinski definition) is 10. The van der Waals surface area contributed by atoms with E-state index in [0.717, 1.165) is 49.8 Å². The normalized spacial score (nSPS) is 23.3. The quantitative estimate of drug-likeness (QED) is 0.0304. The molecule has 3 aliphatic heterocycles. The van der Waals surface area contributed by atoms with Crippen LogP contribution in [-0.4, -0.2) is 112 Å². The van der Waals surface area contributed by atoms with Crippen LogP contribution in [0.4, 0.5) is 0 Å². The number of phenols is 2. The number of aliphatic hydroxyl groups excluding tert-OH is 3. The number of fused-ring (bicyclic) bond motifs is 13. The first kappa shape index (κ1) is 48.7. The smallest absolute Gasteiger partial charge is 0.162 e. The number of aryl methyl sites for hydroxylation is 1. The van der Waals surface area contributed by atoms with Gasteiger partial charge in [-0.05, 0) is 152 Å². The number of aromatic amines is 1. The monoisotopic (exact) mass is 944 g/mol. The summed E-state index contributed by atoms with van der Waals surface area (Å²) in [7, 11) is 1.82. The molecule has 0 unspecified atom stereocenters. The molecule has 9 rings (SSSR count). The lowest BCUT2D eigenvalue weighted by Gasteiger charge is -2.49. The Morgan fingerprint density at radius 1 is 0.957 bits per heavy atom. The van der Waals surface area contributed by atoms with E-state index in [9.17, 15) is 30.6 Å². The number of aliphatic hydroxyl groups is 4. The minimum absolute atomic E-state index is 0.0623. The summed E-state index contributed by atoms with van der Waals surface area (Å²) in [5.74, 6) is 8.68. The van der Waals surface area contributed by atoms with Crippen molar-refractivity contribution in [2.24, 2.45) is 5.92 Å². The van der Waals surface area contributed by atoms with Gasteiger partial charge in [0.15, 0.2) is 17.6 Å². The number of H-pyrrole nitrogens is 1. The van der Waals surface area contributed by atoms with Crippen LogP contribution in [0, 0.1) is 17.8 Å². The van der Waals surface area contributed by atoms with E-state index < -0.39 is 35.6 Å². The van der Waals surface area contributed by atoms with Gasteiger partial charge in [-0.2, -0.15) is 0 Å². The predicted octanol–water partition coefficient (Wildman–Crippen LogP) is 5.80. The average Bonchev–Trinajstić information content (AvgIpc) is 3.80. The largest absolute Gasteiger partial charge is 0.508 e. The zero-order valence-corrected chi connectivity index (χ0v) is 40.2. The van der Waals surface area contributed by atoms with Gasteiger partial charge in [0.25, 0.3) is 0 Å². The molecule has 5 aromatic rings. The summed E-state index contributed by atoms with van der Waals surface area (Å²) in [5.41, 5.74) is 6.89. The van der Waals surface area contributed by atoms with Gasteiger partial charge in [0.2, 0.25) is 0 Å². The van der Waals surface area contributed by atoms with Crippen molar-refractivity contribution in [2.75, 3.05) is 46.8 Å². The highest BCUT2D eigenvalue weighted by atomic mass is 16.6. The fraction of sp³-hybridized carbons (Fsp3) is 0.491. The lowest BCUT2D eigenvalue weighted by atomic mass is 9.69. The molecule has 0 saturated carbocycles. The molecule has 0 spiro atoms. The fourth-order valence-electron chi connectivity index (χ4n) is 11.3. The van der Waals surface area contributed by atoms with Gasteiger partial charge >= 0.3 is 0 Å². The molecular formula is C55H68N4O10. The number of benzene rings is 4. The summed E-state index contributed by atoms with van der Waals surface area (Å²) >= 11 is 0. The molecule has 69 heavy (non-hydrogen) atoms. The van der Waals surface area contributed by atoms with E-state index in [4.69, 9.17) is 18.9 Å². The maximum Gasteiger partial charge on any atom is 0.162 e. The SMILES string of the molecule is CNCO[C@]12Cc3c4c(c5c(c3O[C@@H]1c1cc(CCCO)c(O)c(c1)O[C@H](CO)CC#C[C@@H]2NCNC[C@@](C)(O)CC(C)C)CC[C@@H](CO)O5)-c1ccc(O)cc1[C@@H](Cc1ccc2[nH]ccc2c1)C4. The van der Waals surface area contributed by atoms with Crippen molar-refractivity contribution in [3.63, 3.8) is 0 Å². The van der Waals surface area contributed by atoms with Gasteiger partial charge < -0.3 is 59.9 Å². The molecule has 0 saturated heterocycles. The summed E-state index contributed by atoms with van der Waals surface area (Å²) in [6.45, 7) is 6.10. The van der Waals surface area contributed by atoms with Crippen LogP contribution in [0.25, 0.3) is 22.0 Å². The molecule has 1 aromatic heterocycles. The highest BCUT2D eigenvalue weighted by Crippen LogP contribution is 2.58. The number of rotatable bonds is 17. The van der Waals surface area contributed by atoms with E-state index in [-0.39, 0.29) is 68.7 Å². The Balaban J connectivity index is 1.26. The molecule has 0 fully saturated rings. The number of phenolic OH excluding ortho intramolecular Hbond substituents is 2. The Bertz CT molecular complexity index is 2710. The van der Waals surface area contributed by atoms with Crippen molar-refractivity contribution in [2.45, 2.75) is 120 Å². The Morgan fingerprint density at radius 2 is 1.80 bits per heavy atom. The fourth-order valence-corrected chi connectivity index (χ4v) is 11.3. The van der Waals surface area contributed by atoms with Gasteiger partial charge in [0.05, 0.1) is 25.5 Å². The van der Waals surface area contributed by atoms with E-state index >= 15 is 0 Å². The Morgan fingerprint density at radius 3 is 2.58 bits per heavy atom. The molecule has 1 aliphatic carbocycles. The molecule has 4 heterocycles. The van der Waals surface area contributed by atoms with Crippen LogP contribution in [0.15, 0.2) is 60.8 Å². The summed E-state index contributed by atoms with van der Waals surface area (Å²) in [4.78, 5) is 3.31. The van der Waals surface area contributed by atoms with E-state index in [1.165, 1.54) is 0 Å². The molecular weight excluding hydrogens is 877 g/mol. The van der Waals surface area contributed by atoms with Gasteiger partial charge in [0, 0.05) is 61.1 Å². The van der Waals surface area contributed by atoms with Gasteiger partial charge in [-0.15, -0.1) is 0 Å². The topological polar surface area (TPSA) is 210 Å². The van der Waals surface area contributed by atoms with Gasteiger partial charge in [0.1, 0.15) is 41.1 Å². The van der Waals surface area contributed by atoms with Crippen LogP contribution in [0.1, 0.15) is 97.4 Å². The molecule has 0 radical (unpaired) electrons. The van der Waals surface area contributed by atoms with Crippen LogP contribution >= 0.6 is 0 Å². The third-order valence-corrected chi connectivity index (χ3v) is 14.3. The minimum Gasteiger partial charge on any atom is -0.508 e. The first-order valence-electron chi connectivity index (χ1n) is 24.6. The number of nitrogens with one attached hydrogen (secondary N) is 4. The maximum atomic E-state index is 11.7. The molecule has 368 valence electrons. The second-order valence-electron chi connectivity index (χ2n) is 20.1. The number of aromatic hydroxyl groups is 2. The van der Waals surface area contributed by atoms with Crippen LogP contribution in [0.3, 0.4) is 0 Å². The van der Waals surface area contributed by atoms with Crippen molar-refractivity contribution >= 4 is 10.9 Å². The summed E-state index contributed by atoms with van der Waals surface area (Å²) in [6, 6.07) is 17.1. The molecule has 14 heteroatoms. The number of aromatic nitrogens is 1. The highest BCUT2D eigenvalue weighted by molar-refractivity contribution is 5.85. The van der Waals surface area contributed by atoms with Crippen molar-refractivity contribution in [3.8, 4) is 51.7 Å². The van der Waals surface area contributed by atoms with Crippen LogP contribution in [0.5, 0.6) is 28.7 Å². The molecule has 2 bridgehead atoms. The predicted molar refractivity (Wildman–Crippen MR) is 264 cm³/mol. The lowest BCUT2D eigenvalue weighted by molar-refractivity contribution is -0.141. The second-order valence-corrected chi connectivity index (χ2v) is 20.1. The first-order valence-corrected chi connectivity index (χ1v) is 24.6.